The highest BCUT2D eigenvalue weighted by Gasteiger charge is 2.27. The minimum Gasteiger partial charge on any atom is -0.484 e. The second-order valence-electron chi connectivity index (χ2n) is 10.3. The molecule has 1 aromatic heterocycles. The summed E-state index contributed by atoms with van der Waals surface area (Å²) in [5.41, 5.74) is 4.09. The first-order valence-electron chi connectivity index (χ1n) is 11.0. The van der Waals surface area contributed by atoms with E-state index >= 15 is 0 Å². The van der Waals surface area contributed by atoms with Gasteiger partial charge in [0.05, 0.1) is 0 Å². The average Bonchev–Trinajstić information content (AvgIpc) is 3.11. The fourth-order valence-electron chi connectivity index (χ4n) is 4.20. The van der Waals surface area contributed by atoms with Crippen LogP contribution in [0.3, 0.4) is 0 Å². The molecular formula is C27H34N2O2S. The smallest absolute Gasteiger partial charge is 0.264 e. The monoisotopic (exact) mass is 450 g/mol. The number of nitrogens with one attached hydrogen (secondary N) is 1. The first kappa shape index (κ1) is 24.0. The van der Waals surface area contributed by atoms with Crippen LogP contribution in [0.15, 0.2) is 54.7 Å². The molecule has 170 valence electrons. The van der Waals surface area contributed by atoms with E-state index in [1.54, 1.807) is 0 Å². The highest BCUT2D eigenvalue weighted by Crippen LogP contribution is 2.36. The van der Waals surface area contributed by atoms with Gasteiger partial charge in [0.1, 0.15) is 5.75 Å². The minimum absolute atomic E-state index is 0.0441. The summed E-state index contributed by atoms with van der Waals surface area (Å²) < 4.78 is 5.69. The SMILES string of the molecule is Cc1cccc(Cc2cnc(NC(=O)COc3ccc(C(C)(C)CC(C)(C)C)cc3)s2)c1. The van der Waals surface area contributed by atoms with Crippen LogP contribution in [0.4, 0.5) is 5.13 Å². The molecule has 3 aromatic rings. The predicted molar refractivity (Wildman–Crippen MR) is 134 cm³/mol. The van der Waals surface area contributed by atoms with Gasteiger partial charge in [0, 0.05) is 17.5 Å². The number of aromatic nitrogens is 1. The molecule has 5 heteroatoms. The van der Waals surface area contributed by atoms with Gasteiger partial charge >= 0.3 is 0 Å². The highest BCUT2D eigenvalue weighted by molar-refractivity contribution is 7.15. The van der Waals surface area contributed by atoms with Gasteiger partial charge in [-0.25, -0.2) is 4.98 Å². The lowest BCUT2D eigenvalue weighted by Gasteiger charge is -2.33. The highest BCUT2D eigenvalue weighted by atomic mass is 32.1. The second-order valence-corrected chi connectivity index (χ2v) is 11.4. The molecule has 1 heterocycles. The van der Waals surface area contributed by atoms with Gasteiger partial charge in [-0.2, -0.15) is 0 Å². The summed E-state index contributed by atoms with van der Waals surface area (Å²) in [6.07, 6.45) is 3.72. The number of carbonyl (C=O) groups is 1. The van der Waals surface area contributed by atoms with Crippen molar-refractivity contribution in [3.8, 4) is 5.75 Å². The lowest BCUT2D eigenvalue weighted by atomic mass is 9.72. The average molecular weight is 451 g/mol. The quantitative estimate of drug-likeness (QED) is 0.412. The molecule has 0 saturated heterocycles. The maximum atomic E-state index is 12.3. The fourth-order valence-corrected chi connectivity index (χ4v) is 5.07. The molecule has 1 N–H and O–H groups in total. The van der Waals surface area contributed by atoms with Crippen LogP contribution in [-0.4, -0.2) is 17.5 Å². The summed E-state index contributed by atoms with van der Waals surface area (Å²) in [5.74, 6) is 0.480. The molecule has 0 fully saturated rings. The van der Waals surface area contributed by atoms with Crippen molar-refractivity contribution in [3.63, 3.8) is 0 Å². The molecular weight excluding hydrogens is 416 g/mol. The second kappa shape index (κ2) is 9.86. The molecule has 0 saturated carbocycles. The van der Waals surface area contributed by atoms with Crippen molar-refractivity contribution < 1.29 is 9.53 Å². The van der Waals surface area contributed by atoms with E-state index < -0.39 is 0 Å². The first-order valence-corrected chi connectivity index (χ1v) is 11.9. The molecule has 0 aliphatic heterocycles. The molecule has 0 radical (unpaired) electrons. The van der Waals surface area contributed by atoms with E-state index in [1.165, 1.54) is 28.0 Å². The van der Waals surface area contributed by atoms with Crippen LogP contribution in [0.1, 0.15) is 62.6 Å². The van der Waals surface area contributed by atoms with E-state index in [2.05, 4.69) is 88.2 Å². The molecule has 1 amide bonds. The van der Waals surface area contributed by atoms with E-state index in [0.717, 1.165) is 17.7 Å². The third-order valence-electron chi connectivity index (χ3n) is 5.24. The van der Waals surface area contributed by atoms with Gasteiger partial charge < -0.3 is 4.74 Å². The first-order chi connectivity index (χ1) is 15.0. The zero-order valence-corrected chi connectivity index (χ0v) is 20.8. The number of aryl methyl sites for hydroxylation is 1. The van der Waals surface area contributed by atoms with Crippen molar-refractivity contribution in [2.45, 2.75) is 59.8 Å². The number of benzene rings is 2. The molecule has 0 aliphatic rings. The van der Waals surface area contributed by atoms with Crippen LogP contribution in [0.25, 0.3) is 0 Å². The van der Waals surface area contributed by atoms with Gasteiger partial charge in [-0.05, 0) is 47.4 Å². The molecule has 32 heavy (non-hydrogen) atoms. The third kappa shape index (κ3) is 7.20. The van der Waals surface area contributed by atoms with Gasteiger partial charge in [0.2, 0.25) is 0 Å². The Morgan fingerprint density at radius 2 is 1.78 bits per heavy atom. The number of nitrogens with zero attached hydrogens (tertiary/aromatic N) is 1. The van der Waals surface area contributed by atoms with Gasteiger partial charge in [-0.1, -0.05) is 76.6 Å². The third-order valence-corrected chi connectivity index (χ3v) is 6.15. The largest absolute Gasteiger partial charge is 0.484 e. The fraction of sp³-hybridized carbons (Fsp3) is 0.407. The van der Waals surface area contributed by atoms with Crippen molar-refractivity contribution in [3.05, 3.63) is 76.3 Å². The molecule has 0 aliphatic carbocycles. The normalized spacial score (nSPS) is 11.9. The topological polar surface area (TPSA) is 51.2 Å². The predicted octanol–water partition coefficient (Wildman–Crippen LogP) is 6.77. The number of thiazole rings is 1. The van der Waals surface area contributed by atoms with Crippen molar-refractivity contribution in [1.29, 1.82) is 0 Å². The van der Waals surface area contributed by atoms with Crippen molar-refractivity contribution in [2.75, 3.05) is 11.9 Å². The summed E-state index contributed by atoms with van der Waals surface area (Å²) in [4.78, 5) is 17.8. The number of rotatable bonds is 8. The van der Waals surface area contributed by atoms with Gasteiger partial charge in [0.15, 0.2) is 11.7 Å². The number of hydrogen-bond donors (Lipinski definition) is 1. The lowest BCUT2D eigenvalue weighted by molar-refractivity contribution is -0.118. The molecule has 3 rings (SSSR count). The van der Waals surface area contributed by atoms with E-state index in [-0.39, 0.29) is 23.3 Å². The van der Waals surface area contributed by atoms with Gasteiger partial charge in [-0.15, -0.1) is 11.3 Å². The van der Waals surface area contributed by atoms with Crippen LogP contribution in [0, 0.1) is 12.3 Å². The van der Waals surface area contributed by atoms with Crippen molar-refractivity contribution in [1.82, 2.24) is 4.98 Å². The summed E-state index contributed by atoms with van der Waals surface area (Å²) in [5, 5.41) is 3.43. The Labute approximate surface area is 196 Å². The van der Waals surface area contributed by atoms with Crippen LogP contribution in [0.2, 0.25) is 0 Å². The van der Waals surface area contributed by atoms with E-state index in [4.69, 9.17) is 4.74 Å². The molecule has 0 bridgehead atoms. The number of ether oxygens (including phenoxy) is 1. The summed E-state index contributed by atoms with van der Waals surface area (Å²) in [6, 6.07) is 16.5. The van der Waals surface area contributed by atoms with Crippen molar-refractivity contribution >= 4 is 22.4 Å². The molecule has 0 unspecified atom stereocenters. The Kier molecular flexibility index (Phi) is 7.40. The van der Waals surface area contributed by atoms with Gasteiger partial charge in [0.25, 0.3) is 5.91 Å². The maximum Gasteiger partial charge on any atom is 0.264 e. The number of carbonyl (C=O) groups excluding carboxylic acids is 1. The summed E-state index contributed by atoms with van der Waals surface area (Å²) in [7, 11) is 0. The zero-order chi connectivity index (χ0) is 23.4. The van der Waals surface area contributed by atoms with E-state index in [9.17, 15) is 4.79 Å². The Balaban J connectivity index is 1.50. The van der Waals surface area contributed by atoms with Crippen LogP contribution in [-0.2, 0) is 16.6 Å². The number of amides is 1. The van der Waals surface area contributed by atoms with E-state index in [0.29, 0.717) is 10.9 Å². The Hall–Kier alpha value is -2.66. The molecule has 2 aromatic carbocycles. The van der Waals surface area contributed by atoms with Crippen molar-refractivity contribution in [2.24, 2.45) is 5.41 Å². The summed E-state index contributed by atoms with van der Waals surface area (Å²) >= 11 is 1.49. The Bertz CT molecular complexity index is 1050. The lowest BCUT2D eigenvalue weighted by Crippen LogP contribution is -2.24. The van der Waals surface area contributed by atoms with Crippen LogP contribution >= 0.6 is 11.3 Å². The molecule has 4 nitrogen and oxygen atoms in total. The summed E-state index contributed by atoms with van der Waals surface area (Å²) in [6.45, 7) is 13.4. The standard InChI is InChI=1S/C27H34N2O2S/c1-19-8-7-9-20(14-19)15-23-16-28-25(32-23)29-24(30)17-31-22-12-10-21(11-13-22)27(5,6)18-26(2,3)4/h7-14,16H,15,17-18H2,1-6H3,(H,28,29,30). The Morgan fingerprint density at radius 1 is 1.06 bits per heavy atom. The number of anilines is 1. The number of hydrogen-bond acceptors (Lipinski definition) is 4. The zero-order valence-electron chi connectivity index (χ0n) is 20.0. The molecule has 0 spiro atoms. The van der Waals surface area contributed by atoms with Crippen LogP contribution < -0.4 is 10.1 Å². The maximum absolute atomic E-state index is 12.3. The molecule has 0 atom stereocenters. The van der Waals surface area contributed by atoms with Gasteiger partial charge in [-0.3, -0.25) is 10.1 Å². The minimum atomic E-state index is -0.210. The van der Waals surface area contributed by atoms with Crippen LogP contribution in [0.5, 0.6) is 5.75 Å². The Morgan fingerprint density at radius 3 is 2.44 bits per heavy atom. The van der Waals surface area contributed by atoms with E-state index in [1.807, 2.05) is 18.3 Å².